The zero-order chi connectivity index (χ0) is 13.0. The van der Waals surface area contributed by atoms with Crippen LogP contribution in [0.25, 0.3) is 0 Å². The Labute approximate surface area is 113 Å². The van der Waals surface area contributed by atoms with Gasteiger partial charge >= 0.3 is 0 Å². The molecule has 0 heteroatoms. The largest absolute Gasteiger partial charge is 0.0585 e. The standard InChI is InChI=1S/C18H28/c1-18(2,3)17-13-11-16(12-14-17)15-9-7-5-4-6-8-10-15/h11-15H,4-10H2,1-3H3. The SMILES string of the molecule is CC(C)(C)c1ccc(C2CCCCCCC2)cc1. The van der Waals surface area contributed by atoms with Gasteiger partial charge in [-0.1, -0.05) is 77.1 Å². The second-order valence-corrected chi connectivity index (χ2v) is 6.91. The summed E-state index contributed by atoms with van der Waals surface area (Å²) in [7, 11) is 0. The summed E-state index contributed by atoms with van der Waals surface area (Å²) in [5.74, 6) is 0.819. The van der Waals surface area contributed by atoms with Gasteiger partial charge in [0.2, 0.25) is 0 Å². The Morgan fingerprint density at radius 1 is 0.778 bits per heavy atom. The van der Waals surface area contributed by atoms with Gasteiger partial charge in [-0.05, 0) is 35.3 Å². The van der Waals surface area contributed by atoms with E-state index in [1.54, 1.807) is 5.56 Å². The van der Waals surface area contributed by atoms with E-state index in [-0.39, 0.29) is 5.41 Å². The lowest BCUT2D eigenvalue weighted by Gasteiger charge is -2.23. The van der Waals surface area contributed by atoms with Gasteiger partial charge < -0.3 is 0 Å². The van der Waals surface area contributed by atoms with E-state index in [2.05, 4.69) is 45.0 Å². The Kier molecular flexibility index (Phi) is 4.48. The van der Waals surface area contributed by atoms with Crippen molar-refractivity contribution in [2.24, 2.45) is 0 Å². The van der Waals surface area contributed by atoms with E-state index in [0.29, 0.717) is 0 Å². The van der Waals surface area contributed by atoms with Gasteiger partial charge in [-0.25, -0.2) is 0 Å². The molecule has 0 amide bonds. The molecular formula is C18H28. The number of hydrogen-bond acceptors (Lipinski definition) is 0. The first-order valence-electron chi connectivity index (χ1n) is 7.68. The van der Waals surface area contributed by atoms with Gasteiger partial charge in [0.05, 0.1) is 0 Å². The second kappa shape index (κ2) is 5.91. The maximum atomic E-state index is 2.38. The Bertz CT molecular complexity index is 345. The third-order valence-electron chi connectivity index (χ3n) is 4.35. The Morgan fingerprint density at radius 3 is 1.78 bits per heavy atom. The van der Waals surface area contributed by atoms with Crippen LogP contribution in [0.1, 0.15) is 82.8 Å². The van der Waals surface area contributed by atoms with Crippen LogP contribution >= 0.6 is 0 Å². The summed E-state index contributed by atoms with van der Waals surface area (Å²) in [4.78, 5) is 0. The molecule has 1 saturated carbocycles. The summed E-state index contributed by atoms with van der Waals surface area (Å²) in [6.07, 6.45) is 9.98. The Balaban J connectivity index is 2.07. The first-order valence-corrected chi connectivity index (χ1v) is 7.68. The molecule has 1 aromatic rings. The van der Waals surface area contributed by atoms with Crippen LogP contribution in [-0.4, -0.2) is 0 Å². The van der Waals surface area contributed by atoms with Gasteiger partial charge in [-0.3, -0.25) is 0 Å². The lowest BCUT2D eigenvalue weighted by Crippen LogP contribution is -2.11. The van der Waals surface area contributed by atoms with Crippen molar-refractivity contribution in [3.63, 3.8) is 0 Å². The third kappa shape index (κ3) is 3.60. The number of hydrogen-bond donors (Lipinski definition) is 0. The van der Waals surface area contributed by atoms with Crippen LogP contribution in [0.3, 0.4) is 0 Å². The molecule has 1 aliphatic carbocycles. The minimum Gasteiger partial charge on any atom is -0.0585 e. The lowest BCUT2D eigenvalue weighted by molar-refractivity contribution is 0.455. The minimum absolute atomic E-state index is 0.277. The van der Waals surface area contributed by atoms with Crippen LogP contribution in [0.15, 0.2) is 24.3 Å². The fourth-order valence-electron chi connectivity index (χ4n) is 3.04. The van der Waals surface area contributed by atoms with Crippen molar-refractivity contribution in [3.8, 4) is 0 Å². The normalized spacial score (nSPS) is 19.3. The van der Waals surface area contributed by atoms with E-state index >= 15 is 0 Å². The van der Waals surface area contributed by atoms with Crippen molar-refractivity contribution in [1.29, 1.82) is 0 Å². The molecule has 0 radical (unpaired) electrons. The molecule has 0 atom stereocenters. The molecule has 1 aliphatic rings. The Hall–Kier alpha value is -0.780. The highest BCUT2D eigenvalue weighted by molar-refractivity contribution is 5.29. The summed E-state index contributed by atoms with van der Waals surface area (Å²) >= 11 is 0. The molecule has 18 heavy (non-hydrogen) atoms. The van der Waals surface area contributed by atoms with Gasteiger partial charge in [0.1, 0.15) is 0 Å². The average molecular weight is 244 g/mol. The molecule has 100 valence electrons. The maximum Gasteiger partial charge on any atom is -0.0132 e. The molecule has 0 unspecified atom stereocenters. The molecule has 0 bridgehead atoms. The molecule has 2 rings (SSSR count). The topological polar surface area (TPSA) is 0 Å². The van der Waals surface area contributed by atoms with Crippen molar-refractivity contribution in [2.45, 2.75) is 77.0 Å². The summed E-state index contributed by atoms with van der Waals surface area (Å²) < 4.78 is 0. The summed E-state index contributed by atoms with van der Waals surface area (Å²) in [6.45, 7) is 6.87. The molecule has 0 heterocycles. The molecule has 0 aliphatic heterocycles. The first kappa shape index (κ1) is 13.6. The quantitative estimate of drug-likeness (QED) is 0.584. The Morgan fingerprint density at radius 2 is 1.28 bits per heavy atom. The predicted molar refractivity (Wildman–Crippen MR) is 80.2 cm³/mol. The van der Waals surface area contributed by atoms with E-state index in [0.717, 1.165) is 5.92 Å². The monoisotopic (exact) mass is 244 g/mol. The maximum absolute atomic E-state index is 2.38. The van der Waals surface area contributed by atoms with Gasteiger partial charge in [-0.2, -0.15) is 0 Å². The number of rotatable bonds is 1. The van der Waals surface area contributed by atoms with Crippen molar-refractivity contribution in [2.75, 3.05) is 0 Å². The zero-order valence-corrected chi connectivity index (χ0v) is 12.3. The van der Waals surface area contributed by atoms with E-state index in [4.69, 9.17) is 0 Å². The van der Waals surface area contributed by atoms with Crippen molar-refractivity contribution in [1.82, 2.24) is 0 Å². The van der Waals surface area contributed by atoms with Gasteiger partial charge in [0.15, 0.2) is 0 Å². The van der Waals surface area contributed by atoms with Crippen molar-refractivity contribution in [3.05, 3.63) is 35.4 Å². The van der Waals surface area contributed by atoms with Crippen molar-refractivity contribution < 1.29 is 0 Å². The van der Waals surface area contributed by atoms with Gasteiger partial charge in [0.25, 0.3) is 0 Å². The molecular weight excluding hydrogens is 216 g/mol. The predicted octanol–water partition coefficient (Wildman–Crippen LogP) is 5.81. The van der Waals surface area contributed by atoms with Crippen molar-refractivity contribution >= 4 is 0 Å². The van der Waals surface area contributed by atoms with Crippen LogP contribution in [0.5, 0.6) is 0 Å². The minimum atomic E-state index is 0.277. The van der Waals surface area contributed by atoms with E-state index in [9.17, 15) is 0 Å². The molecule has 0 spiro atoms. The van der Waals surface area contributed by atoms with E-state index in [1.165, 1.54) is 50.5 Å². The van der Waals surface area contributed by atoms with E-state index < -0.39 is 0 Å². The lowest BCUT2D eigenvalue weighted by atomic mass is 9.82. The summed E-state index contributed by atoms with van der Waals surface area (Å²) in [5, 5.41) is 0. The van der Waals surface area contributed by atoms with Crippen LogP contribution in [0.4, 0.5) is 0 Å². The van der Waals surface area contributed by atoms with E-state index in [1.807, 2.05) is 0 Å². The molecule has 0 aromatic heterocycles. The van der Waals surface area contributed by atoms with Gasteiger partial charge in [-0.15, -0.1) is 0 Å². The smallest absolute Gasteiger partial charge is 0.0132 e. The molecule has 0 nitrogen and oxygen atoms in total. The first-order chi connectivity index (χ1) is 8.57. The number of benzene rings is 1. The van der Waals surface area contributed by atoms with Gasteiger partial charge in [0, 0.05) is 0 Å². The highest BCUT2D eigenvalue weighted by Gasteiger charge is 2.16. The zero-order valence-electron chi connectivity index (χ0n) is 12.3. The fourth-order valence-corrected chi connectivity index (χ4v) is 3.04. The van der Waals surface area contributed by atoms with Crippen LogP contribution in [0, 0.1) is 0 Å². The average Bonchev–Trinajstić information content (AvgIpc) is 2.27. The van der Waals surface area contributed by atoms with Crippen LogP contribution in [0.2, 0.25) is 0 Å². The second-order valence-electron chi connectivity index (χ2n) is 6.91. The van der Waals surface area contributed by atoms with Crippen LogP contribution < -0.4 is 0 Å². The molecule has 0 N–H and O–H groups in total. The molecule has 0 saturated heterocycles. The molecule has 1 aromatic carbocycles. The highest BCUT2D eigenvalue weighted by Crippen LogP contribution is 2.32. The summed E-state index contributed by atoms with van der Waals surface area (Å²) in [6, 6.07) is 9.45. The highest BCUT2D eigenvalue weighted by atomic mass is 14.2. The fraction of sp³-hybridized carbons (Fsp3) is 0.667. The third-order valence-corrected chi connectivity index (χ3v) is 4.35. The molecule has 1 fully saturated rings. The summed E-state index contributed by atoms with van der Waals surface area (Å²) in [5.41, 5.74) is 3.31. The van der Waals surface area contributed by atoms with Crippen LogP contribution in [-0.2, 0) is 5.41 Å².